The quantitative estimate of drug-likeness (QED) is 0.211. The number of aliphatic hydroxyl groups is 2. The van der Waals surface area contributed by atoms with E-state index in [9.17, 15) is 20.1 Å². The smallest absolute Gasteiger partial charge is 0.328 e. The number of hydrogen-bond donors (Lipinski definition) is 3. The van der Waals surface area contributed by atoms with Gasteiger partial charge in [-0.2, -0.15) is 0 Å². The minimum absolute atomic E-state index is 0.00497. The Balaban J connectivity index is 1.36. The van der Waals surface area contributed by atoms with Gasteiger partial charge in [0.05, 0.1) is 17.6 Å². The number of aromatic nitrogens is 2. The molecule has 0 amide bonds. The van der Waals surface area contributed by atoms with Crippen molar-refractivity contribution in [2.75, 3.05) is 33.4 Å². The molecule has 2 unspecified atom stereocenters. The molecule has 39 heavy (non-hydrogen) atoms. The molecule has 10 nitrogen and oxygen atoms in total. The maximum absolute atomic E-state index is 11.3. The predicted octanol–water partition coefficient (Wildman–Crippen LogP) is 3.46. The predicted molar refractivity (Wildman–Crippen MR) is 146 cm³/mol. The highest BCUT2D eigenvalue weighted by Crippen LogP contribution is 2.28. The van der Waals surface area contributed by atoms with Crippen LogP contribution in [0, 0.1) is 5.92 Å². The van der Waals surface area contributed by atoms with Crippen LogP contribution >= 0.6 is 11.8 Å². The molecule has 0 saturated carbocycles. The third kappa shape index (κ3) is 8.82. The number of ether oxygens (including phenoxy) is 2. The molecule has 2 atom stereocenters. The van der Waals surface area contributed by atoms with Gasteiger partial charge in [-0.15, -0.1) is 22.0 Å². The van der Waals surface area contributed by atoms with Crippen LogP contribution in [0.3, 0.4) is 0 Å². The van der Waals surface area contributed by atoms with Crippen molar-refractivity contribution in [2.24, 2.45) is 5.92 Å². The summed E-state index contributed by atoms with van der Waals surface area (Å²) in [6.07, 6.45) is 1.19. The zero-order chi connectivity index (χ0) is 27.6. The van der Waals surface area contributed by atoms with Crippen LogP contribution in [0.15, 0.2) is 70.7 Å². The maximum atomic E-state index is 11.3. The molecule has 3 N–H and O–H groups in total. The Morgan fingerprint density at radius 3 is 2.56 bits per heavy atom. The van der Waals surface area contributed by atoms with Crippen LogP contribution in [0.25, 0.3) is 11.5 Å². The summed E-state index contributed by atoms with van der Waals surface area (Å²) in [5, 5.41) is 36.4. The lowest BCUT2D eigenvalue weighted by Crippen LogP contribution is -2.34. The van der Waals surface area contributed by atoms with Gasteiger partial charge in [0, 0.05) is 29.7 Å². The average molecular weight is 556 g/mol. The summed E-state index contributed by atoms with van der Waals surface area (Å²) in [6.45, 7) is 2.87. The molecule has 1 aliphatic rings. The molecule has 208 valence electrons. The van der Waals surface area contributed by atoms with Crippen molar-refractivity contribution in [3.05, 3.63) is 72.1 Å². The summed E-state index contributed by atoms with van der Waals surface area (Å²) >= 11 is 1.21. The van der Waals surface area contributed by atoms with Gasteiger partial charge in [0.2, 0.25) is 11.8 Å². The zero-order valence-corrected chi connectivity index (χ0v) is 22.5. The molecule has 0 bridgehead atoms. The number of thioether (sulfide) groups is 1. The third-order valence-corrected chi connectivity index (χ3v) is 7.51. The summed E-state index contributed by atoms with van der Waals surface area (Å²) < 4.78 is 17.6. The van der Waals surface area contributed by atoms with E-state index in [4.69, 9.17) is 13.9 Å². The topological polar surface area (TPSA) is 138 Å². The van der Waals surface area contributed by atoms with Crippen LogP contribution in [-0.4, -0.2) is 81.3 Å². The molecular formula is C28H33N3O7S. The Morgan fingerprint density at radius 1 is 1.13 bits per heavy atom. The molecule has 0 aliphatic carbocycles. The van der Waals surface area contributed by atoms with Crippen molar-refractivity contribution in [3.63, 3.8) is 0 Å². The lowest BCUT2D eigenvalue weighted by atomic mass is 10.00. The van der Waals surface area contributed by atoms with E-state index in [-0.39, 0.29) is 17.9 Å². The standard InChI is InChI=1S/C28H33N3O7S/c1-31-13-5-6-19(15-31)16-36-22-11-9-20(10-12-22)27-30-29-25(38-27)18-39-24(23(28(34)35)14-26(32)33)17-37-21-7-3-2-4-8-21/h2-4,7-12,14,19,24,28,34-35H,5-6,13,15-18H2,1H3,(H,32,33)/b23-14-. The number of piperidine rings is 1. The number of aliphatic hydroxyl groups excluding tert-OH is 1. The fourth-order valence-corrected chi connectivity index (χ4v) is 5.33. The van der Waals surface area contributed by atoms with E-state index < -0.39 is 17.5 Å². The lowest BCUT2D eigenvalue weighted by Gasteiger charge is -2.29. The molecule has 0 spiro atoms. The van der Waals surface area contributed by atoms with Gasteiger partial charge in [-0.25, -0.2) is 4.79 Å². The van der Waals surface area contributed by atoms with E-state index in [0.717, 1.165) is 30.5 Å². The van der Waals surface area contributed by atoms with E-state index in [1.54, 1.807) is 24.3 Å². The van der Waals surface area contributed by atoms with Gasteiger partial charge in [-0.3, -0.25) is 0 Å². The van der Waals surface area contributed by atoms with Gasteiger partial charge >= 0.3 is 5.97 Å². The van der Waals surface area contributed by atoms with E-state index in [2.05, 4.69) is 22.1 Å². The number of rotatable bonds is 13. The molecule has 1 fully saturated rings. The molecular weight excluding hydrogens is 522 g/mol. The molecule has 1 saturated heterocycles. The molecule has 3 aromatic rings. The van der Waals surface area contributed by atoms with E-state index in [1.807, 2.05) is 30.3 Å². The zero-order valence-electron chi connectivity index (χ0n) is 21.7. The molecule has 1 aliphatic heterocycles. The molecule has 11 heteroatoms. The molecule has 4 rings (SSSR count). The number of nitrogens with zero attached hydrogens (tertiary/aromatic N) is 3. The first-order valence-electron chi connectivity index (χ1n) is 12.7. The highest BCUT2D eigenvalue weighted by Gasteiger charge is 2.24. The Bertz CT molecular complexity index is 1220. The van der Waals surface area contributed by atoms with Crippen LogP contribution in [0.5, 0.6) is 11.5 Å². The molecule has 2 aromatic carbocycles. The van der Waals surface area contributed by atoms with E-state index in [0.29, 0.717) is 30.1 Å². The minimum Gasteiger partial charge on any atom is -0.493 e. The average Bonchev–Trinajstić information content (AvgIpc) is 3.41. The van der Waals surface area contributed by atoms with Crippen LogP contribution < -0.4 is 9.47 Å². The van der Waals surface area contributed by atoms with Crippen LogP contribution in [0.4, 0.5) is 0 Å². The molecule has 1 aromatic heterocycles. The summed E-state index contributed by atoms with van der Waals surface area (Å²) in [6, 6.07) is 16.4. The van der Waals surface area contributed by atoms with Gasteiger partial charge in [0.1, 0.15) is 18.1 Å². The van der Waals surface area contributed by atoms with Gasteiger partial charge in [-0.1, -0.05) is 18.2 Å². The van der Waals surface area contributed by atoms with E-state index >= 15 is 0 Å². The fraction of sp³-hybridized carbons (Fsp3) is 0.393. The number of hydrogen-bond acceptors (Lipinski definition) is 10. The monoisotopic (exact) mass is 555 g/mol. The highest BCUT2D eigenvalue weighted by molar-refractivity contribution is 7.99. The number of carbonyl (C=O) groups is 1. The van der Waals surface area contributed by atoms with Crippen molar-refractivity contribution >= 4 is 17.7 Å². The fourth-order valence-electron chi connectivity index (χ4n) is 4.32. The summed E-state index contributed by atoms with van der Waals surface area (Å²) in [5.41, 5.74) is 0.642. The molecule has 0 radical (unpaired) electrons. The summed E-state index contributed by atoms with van der Waals surface area (Å²) in [4.78, 5) is 13.6. The first-order chi connectivity index (χ1) is 18.9. The first kappa shape index (κ1) is 28.6. The van der Waals surface area contributed by atoms with E-state index in [1.165, 1.54) is 24.6 Å². The SMILES string of the molecule is CN1CCCC(COc2ccc(-c3nnc(CSC(COc4ccccc4)/C(=C/C(=O)O)C(O)O)o3)cc2)C1. The lowest BCUT2D eigenvalue weighted by molar-refractivity contribution is -0.131. The van der Waals surface area contributed by atoms with Crippen LogP contribution in [-0.2, 0) is 10.5 Å². The number of aliphatic carboxylic acids is 1. The van der Waals surface area contributed by atoms with Crippen molar-refractivity contribution < 1.29 is 34.0 Å². The number of carboxylic acid groups (broad SMARTS) is 1. The number of carboxylic acids is 1. The van der Waals surface area contributed by atoms with Gasteiger partial charge in [0.15, 0.2) is 6.29 Å². The Kier molecular flexibility index (Phi) is 10.4. The second kappa shape index (κ2) is 14.1. The van der Waals surface area contributed by atoms with Gasteiger partial charge < -0.3 is 34.1 Å². The number of benzene rings is 2. The second-order valence-corrected chi connectivity index (χ2v) is 10.6. The number of likely N-dealkylation sites (tertiary alicyclic amines) is 1. The highest BCUT2D eigenvalue weighted by atomic mass is 32.2. The Labute approximate surface area is 231 Å². The third-order valence-electron chi connectivity index (χ3n) is 6.29. The van der Waals surface area contributed by atoms with Gasteiger partial charge in [0.25, 0.3) is 0 Å². The van der Waals surface area contributed by atoms with Crippen LogP contribution in [0.2, 0.25) is 0 Å². The molecule has 2 heterocycles. The normalized spacial score (nSPS) is 17.2. The van der Waals surface area contributed by atoms with Crippen LogP contribution in [0.1, 0.15) is 18.7 Å². The second-order valence-electron chi connectivity index (χ2n) is 9.39. The van der Waals surface area contributed by atoms with Crippen molar-refractivity contribution in [2.45, 2.75) is 30.1 Å². The minimum atomic E-state index is -1.96. The first-order valence-corrected chi connectivity index (χ1v) is 13.8. The van der Waals surface area contributed by atoms with Crippen molar-refractivity contribution in [1.29, 1.82) is 0 Å². The number of para-hydroxylation sites is 1. The largest absolute Gasteiger partial charge is 0.493 e. The summed E-state index contributed by atoms with van der Waals surface area (Å²) in [7, 11) is 2.14. The Morgan fingerprint density at radius 2 is 1.87 bits per heavy atom. The van der Waals surface area contributed by atoms with Crippen molar-refractivity contribution in [1.82, 2.24) is 15.1 Å². The summed E-state index contributed by atoms with van der Waals surface area (Å²) in [5.74, 6) is 1.44. The van der Waals surface area contributed by atoms with Gasteiger partial charge in [-0.05, 0) is 62.8 Å². The maximum Gasteiger partial charge on any atom is 0.328 e. The van der Waals surface area contributed by atoms with Crippen molar-refractivity contribution in [3.8, 4) is 23.0 Å². The Hall–Kier alpha value is -3.38.